The lowest BCUT2D eigenvalue weighted by molar-refractivity contribution is 0.101. The van der Waals surface area contributed by atoms with E-state index in [2.05, 4.69) is 27.5 Å². The zero-order valence-corrected chi connectivity index (χ0v) is 12.4. The predicted molar refractivity (Wildman–Crippen MR) is 85.2 cm³/mol. The van der Waals surface area contributed by atoms with Crippen molar-refractivity contribution in [1.82, 2.24) is 9.97 Å². The topological polar surface area (TPSA) is 66.9 Å². The van der Waals surface area contributed by atoms with E-state index in [1.165, 1.54) is 6.33 Å². The van der Waals surface area contributed by atoms with Crippen LogP contribution in [0, 0.1) is 0 Å². The molecule has 5 heteroatoms. The van der Waals surface area contributed by atoms with Gasteiger partial charge < -0.3 is 10.6 Å². The van der Waals surface area contributed by atoms with Crippen LogP contribution < -0.4 is 10.6 Å². The molecule has 0 saturated carbocycles. The molecule has 0 atom stereocenters. The fraction of sp³-hybridized carbons (Fsp3) is 0.312. The van der Waals surface area contributed by atoms with E-state index in [1.807, 2.05) is 18.2 Å². The summed E-state index contributed by atoms with van der Waals surface area (Å²) in [4.78, 5) is 19.6. The molecule has 0 unspecified atom stereocenters. The number of nitrogens with one attached hydrogen (secondary N) is 2. The summed E-state index contributed by atoms with van der Waals surface area (Å²) < 4.78 is 0. The minimum Gasteiger partial charge on any atom is -0.370 e. The first-order chi connectivity index (χ1) is 10.2. The summed E-state index contributed by atoms with van der Waals surface area (Å²) in [7, 11) is 0. The third-order valence-corrected chi connectivity index (χ3v) is 3.07. The monoisotopic (exact) mass is 284 g/mol. The molecular weight excluding hydrogens is 264 g/mol. The number of benzene rings is 1. The van der Waals surface area contributed by atoms with Crippen molar-refractivity contribution >= 4 is 23.1 Å². The van der Waals surface area contributed by atoms with Crippen molar-refractivity contribution in [3.05, 3.63) is 42.2 Å². The van der Waals surface area contributed by atoms with Gasteiger partial charge in [-0.05, 0) is 37.6 Å². The molecule has 0 aliphatic carbocycles. The maximum absolute atomic E-state index is 11.2. The van der Waals surface area contributed by atoms with Crippen LogP contribution in [0.15, 0.2) is 36.7 Å². The summed E-state index contributed by atoms with van der Waals surface area (Å²) in [6, 6.07) is 9.19. The minimum atomic E-state index is 0.0611. The number of carbonyl (C=O) groups is 1. The lowest BCUT2D eigenvalue weighted by Gasteiger charge is -2.08. The van der Waals surface area contributed by atoms with E-state index in [0.29, 0.717) is 5.56 Å². The van der Waals surface area contributed by atoms with E-state index >= 15 is 0 Å². The number of rotatable bonds is 7. The van der Waals surface area contributed by atoms with Crippen LogP contribution >= 0.6 is 0 Å². The molecule has 1 aromatic heterocycles. The van der Waals surface area contributed by atoms with E-state index in [4.69, 9.17) is 0 Å². The third kappa shape index (κ3) is 4.56. The van der Waals surface area contributed by atoms with Gasteiger partial charge in [0.05, 0.1) is 0 Å². The molecule has 0 spiro atoms. The number of hydrogen-bond acceptors (Lipinski definition) is 5. The first-order valence-corrected chi connectivity index (χ1v) is 7.13. The van der Waals surface area contributed by atoms with Gasteiger partial charge in [-0.25, -0.2) is 9.97 Å². The van der Waals surface area contributed by atoms with Crippen LogP contribution in [0.3, 0.4) is 0 Å². The number of ketones is 1. The van der Waals surface area contributed by atoms with Crippen LogP contribution in [0.2, 0.25) is 0 Å². The molecule has 0 saturated heterocycles. The van der Waals surface area contributed by atoms with Gasteiger partial charge in [-0.1, -0.05) is 13.3 Å². The highest BCUT2D eigenvalue weighted by Crippen LogP contribution is 2.17. The molecule has 0 aliphatic heterocycles. The first-order valence-electron chi connectivity index (χ1n) is 7.13. The number of hydrogen-bond donors (Lipinski definition) is 2. The molecule has 0 aliphatic rings. The number of aromatic nitrogens is 2. The summed E-state index contributed by atoms with van der Waals surface area (Å²) >= 11 is 0. The summed E-state index contributed by atoms with van der Waals surface area (Å²) in [6.07, 6.45) is 3.78. The Morgan fingerprint density at radius 3 is 2.52 bits per heavy atom. The van der Waals surface area contributed by atoms with E-state index in [0.717, 1.165) is 36.7 Å². The van der Waals surface area contributed by atoms with Crippen molar-refractivity contribution in [2.24, 2.45) is 0 Å². The van der Waals surface area contributed by atoms with Gasteiger partial charge in [0.25, 0.3) is 0 Å². The number of nitrogens with zero attached hydrogens (tertiary/aromatic N) is 2. The Hall–Kier alpha value is -2.43. The van der Waals surface area contributed by atoms with Crippen molar-refractivity contribution in [2.75, 3.05) is 17.2 Å². The van der Waals surface area contributed by atoms with Gasteiger partial charge in [-0.2, -0.15) is 0 Å². The van der Waals surface area contributed by atoms with Crippen LogP contribution in [0.5, 0.6) is 0 Å². The smallest absolute Gasteiger partial charge is 0.159 e. The Balaban J connectivity index is 2.01. The highest BCUT2D eigenvalue weighted by Gasteiger charge is 2.01. The van der Waals surface area contributed by atoms with Crippen LogP contribution in [0.1, 0.15) is 37.0 Å². The Morgan fingerprint density at radius 1 is 1.14 bits per heavy atom. The fourth-order valence-corrected chi connectivity index (χ4v) is 1.85. The molecule has 21 heavy (non-hydrogen) atoms. The highest BCUT2D eigenvalue weighted by atomic mass is 16.1. The average Bonchev–Trinajstić information content (AvgIpc) is 2.48. The summed E-state index contributed by atoms with van der Waals surface area (Å²) in [6.45, 7) is 4.61. The molecule has 5 nitrogen and oxygen atoms in total. The Labute approximate surface area is 124 Å². The van der Waals surface area contributed by atoms with Gasteiger partial charge in [0.2, 0.25) is 0 Å². The highest BCUT2D eigenvalue weighted by molar-refractivity contribution is 5.94. The molecule has 110 valence electrons. The maximum Gasteiger partial charge on any atom is 0.159 e. The van der Waals surface area contributed by atoms with Gasteiger partial charge in [-0.15, -0.1) is 0 Å². The molecular formula is C16H20N4O. The third-order valence-electron chi connectivity index (χ3n) is 3.07. The van der Waals surface area contributed by atoms with Crippen LogP contribution in [0.4, 0.5) is 17.3 Å². The van der Waals surface area contributed by atoms with Gasteiger partial charge in [0.15, 0.2) is 5.78 Å². The van der Waals surface area contributed by atoms with Crippen LogP contribution in [-0.4, -0.2) is 22.3 Å². The summed E-state index contributed by atoms with van der Waals surface area (Å²) in [5.41, 5.74) is 1.59. The van der Waals surface area contributed by atoms with Gasteiger partial charge in [-0.3, -0.25) is 4.79 Å². The number of carbonyl (C=O) groups excluding carboxylic acids is 1. The lowest BCUT2D eigenvalue weighted by atomic mass is 10.1. The first kappa shape index (κ1) is 15.0. The van der Waals surface area contributed by atoms with Crippen molar-refractivity contribution in [3.8, 4) is 0 Å². The Bertz CT molecular complexity index is 595. The quantitative estimate of drug-likeness (QED) is 0.600. The number of unbranched alkanes of at least 4 members (excludes halogenated alkanes) is 1. The molecule has 1 heterocycles. The Kier molecular flexibility index (Phi) is 5.26. The van der Waals surface area contributed by atoms with Gasteiger partial charge in [0.1, 0.15) is 18.0 Å². The summed E-state index contributed by atoms with van der Waals surface area (Å²) in [5, 5.41) is 6.46. The van der Waals surface area contributed by atoms with Gasteiger partial charge >= 0.3 is 0 Å². The van der Waals surface area contributed by atoms with E-state index in [9.17, 15) is 4.79 Å². The van der Waals surface area contributed by atoms with Crippen molar-refractivity contribution in [2.45, 2.75) is 26.7 Å². The molecule has 2 aromatic rings. The van der Waals surface area contributed by atoms with E-state index in [-0.39, 0.29) is 5.78 Å². The SMILES string of the molecule is CCCCNc1cc(Nc2ccc(C(C)=O)cc2)ncn1. The molecule has 2 N–H and O–H groups in total. The largest absolute Gasteiger partial charge is 0.370 e. The molecule has 0 radical (unpaired) electrons. The molecule has 0 bridgehead atoms. The zero-order chi connectivity index (χ0) is 15.1. The molecule has 0 amide bonds. The normalized spacial score (nSPS) is 10.2. The van der Waals surface area contributed by atoms with Crippen molar-refractivity contribution in [3.63, 3.8) is 0 Å². The average molecular weight is 284 g/mol. The zero-order valence-electron chi connectivity index (χ0n) is 12.4. The maximum atomic E-state index is 11.2. The lowest BCUT2D eigenvalue weighted by Crippen LogP contribution is -2.04. The second-order valence-corrected chi connectivity index (χ2v) is 4.83. The predicted octanol–water partition coefficient (Wildman–Crippen LogP) is 3.63. The Morgan fingerprint density at radius 2 is 1.86 bits per heavy atom. The van der Waals surface area contributed by atoms with Gasteiger partial charge in [0, 0.05) is 23.9 Å². The molecule has 1 aromatic carbocycles. The summed E-state index contributed by atoms with van der Waals surface area (Å²) in [5.74, 6) is 1.59. The van der Waals surface area contributed by atoms with Crippen molar-refractivity contribution in [1.29, 1.82) is 0 Å². The van der Waals surface area contributed by atoms with E-state index < -0.39 is 0 Å². The second kappa shape index (κ2) is 7.38. The molecule has 0 fully saturated rings. The van der Waals surface area contributed by atoms with Crippen LogP contribution in [-0.2, 0) is 0 Å². The standard InChI is InChI=1S/C16H20N4O/c1-3-4-9-17-15-10-16(19-11-18-15)20-14-7-5-13(6-8-14)12(2)21/h5-8,10-11H,3-4,9H2,1-2H3,(H2,17,18,19,20). The number of Topliss-reactive ketones (excluding diaryl/α,β-unsaturated/α-hetero) is 1. The molecule has 2 rings (SSSR count). The number of anilines is 3. The minimum absolute atomic E-state index is 0.0611. The van der Waals surface area contributed by atoms with Crippen molar-refractivity contribution < 1.29 is 4.79 Å². The van der Waals surface area contributed by atoms with E-state index in [1.54, 1.807) is 19.1 Å². The second-order valence-electron chi connectivity index (χ2n) is 4.83. The van der Waals surface area contributed by atoms with Crippen LogP contribution in [0.25, 0.3) is 0 Å². The fourth-order valence-electron chi connectivity index (χ4n) is 1.85.